The van der Waals surface area contributed by atoms with Crippen molar-refractivity contribution in [2.45, 2.75) is 38.6 Å². The van der Waals surface area contributed by atoms with E-state index in [4.69, 9.17) is 0 Å². The summed E-state index contributed by atoms with van der Waals surface area (Å²) in [7, 11) is 0. The molecule has 0 spiro atoms. The number of nitrogens with zero attached hydrogens (tertiary/aromatic N) is 3. The fourth-order valence-electron chi connectivity index (χ4n) is 3.30. The van der Waals surface area contributed by atoms with Gasteiger partial charge in [0.25, 0.3) is 0 Å². The minimum atomic E-state index is -4.97. The Balaban J connectivity index is 1.76. The van der Waals surface area contributed by atoms with Gasteiger partial charge in [-0.05, 0) is 37.5 Å². The monoisotopic (exact) mass is 412 g/mol. The average molecular weight is 412 g/mol. The molecule has 10 heteroatoms. The molecule has 0 radical (unpaired) electrons. The van der Waals surface area contributed by atoms with Gasteiger partial charge in [-0.2, -0.15) is 0 Å². The number of anilines is 1. The molecule has 1 fully saturated rings. The van der Waals surface area contributed by atoms with Crippen molar-refractivity contribution in [1.82, 2.24) is 15.3 Å². The minimum Gasteiger partial charge on any atom is -0.403 e. The molecule has 0 saturated carbocycles. The Bertz CT molecular complexity index is 876. The van der Waals surface area contributed by atoms with E-state index in [1.807, 2.05) is 4.90 Å². The predicted molar refractivity (Wildman–Crippen MR) is 97.8 cm³/mol. The Morgan fingerprint density at radius 2 is 2.00 bits per heavy atom. The van der Waals surface area contributed by atoms with E-state index in [1.54, 1.807) is 6.07 Å². The number of carbonyl (C=O) groups is 1. The highest BCUT2D eigenvalue weighted by Crippen LogP contribution is 2.30. The Kier molecular flexibility index (Phi) is 6.19. The van der Waals surface area contributed by atoms with Crippen LogP contribution in [0.15, 0.2) is 30.6 Å². The van der Waals surface area contributed by atoms with Gasteiger partial charge in [0.1, 0.15) is 12.1 Å². The first kappa shape index (κ1) is 20.8. The van der Waals surface area contributed by atoms with Crippen molar-refractivity contribution in [3.8, 4) is 17.0 Å². The first-order chi connectivity index (χ1) is 13.7. The summed E-state index contributed by atoms with van der Waals surface area (Å²) < 4.78 is 54.5. The third-order valence-electron chi connectivity index (χ3n) is 4.57. The summed E-state index contributed by atoms with van der Waals surface area (Å²) >= 11 is 0. The van der Waals surface area contributed by atoms with Crippen LogP contribution < -0.4 is 15.0 Å². The van der Waals surface area contributed by atoms with Crippen LogP contribution in [0.5, 0.6) is 5.75 Å². The SMILES string of the molecule is CC(=O)NC1CCCN(c2cc(-c3ccc(OC(F)(F)F)c(F)c3)ncn2)CC1. The molecule has 2 heterocycles. The molecule has 1 aliphatic heterocycles. The van der Waals surface area contributed by atoms with Crippen molar-refractivity contribution in [2.24, 2.45) is 0 Å². The van der Waals surface area contributed by atoms with Gasteiger partial charge >= 0.3 is 6.36 Å². The van der Waals surface area contributed by atoms with E-state index in [-0.39, 0.29) is 11.9 Å². The number of hydrogen-bond acceptors (Lipinski definition) is 5. The van der Waals surface area contributed by atoms with Crippen LogP contribution in [0.3, 0.4) is 0 Å². The van der Waals surface area contributed by atoms with Crippen LogP contribution in [-0.2, 0) is 4.79 Å². The molecule has 29 heavy (non-hydrogen) atoms. The zero-order valence-corrected chi connectivity index (χ0v) is 15.7. The van der Waals surface area contributed by atoms with Crippen LogP contribution in [0.25, 0.3) is 11.3 Å². The lowest BCUT2D eigenvalue weighted by molar-refractivity contribution is -0.275. The van der Waals surface area contributed by atoms with Gasteiger partial charge in [-0.15, -0.1) is 13.2 Å². The van der Waals surface area contributed by atoms with Gasteiger partial charge in [0.2, 0.25) is 5.91 Å². The third-order valence-corrected chi connectivity index (χ3v) is 4.57. The summed E-state index contributed by atoms with van der Waals surface area (Å²) in [5, 5.41) is 2.93. The number of nitrogens with one attached hydrogen (secondary N) is 1. The van der Waals surface area contributed by atoms with Crippen molar-refractivity contribution in [1.29, 1.82) is 0 Å². The minimum absolute atomic E-state index is 0.0623. The van der Waals surface area contributed by atoms with Crippen molar-refractivity contribution in [3.05, 3.63) is 36.4 Å². The Labute approximate surface area is 164 Å². The van der Waals surface area contributed by atoms with Gasteiger partial charge < -0.3 is 15.0 Å². The number of alkyl halides is 3. The van der Waals surface area contributed by atoms with Crippen LogP contribution in [0.2, 0.25) is 0 Å². The smallest absolute Gasteiger partial charge is 0.403 e. The summed E-state index contributed by atoms with van der Waals surface area (Å²) in [6.45, 7) is 2.90. The quantitative estimate of drug-likeness (QED) is 0.777. The second kappa shape index (κ2) is 8.62. The molecule has 1 aliphatic rings. The number of carbonyl (C=O) groups excluding carboxylic acids is 1. The van der Waals surface area contributed by atoms with E-state index in [0.717, 1.165) is 37.9 Å². The molecule has 1 unspecified atom stereocenters. The average Bonchev–Trinajstić information content (AvgIpc) is 2.87. The molecule has 1 aromatic heterocycles. The summed E-state index contributed by atoms with van der Waals surface area (Å²) in [5.41, 5.74) is 0.696. The summed E-state index contributed by atoms with van der Waals surface area (Å²) in [6.07, 6.45) is -1.15. The molecular formula is C19H20F4N4O2. The largest absolute Gasteiger partial charge is 0.573 e. The fraction of sp³-hybridized carbons (Fsp3) is 0.421. The van der Waals surface area contributed by atoms with Crippen molar-refractivity contribution >= 4 is 11.7 Å². The van der Waals surface area contributed by atoms with Crippen molar-refractivity contribution in [3.63, 3.8) is 0 Å². The Morgan fingerprint density at radius 1 is 1.21 bits per heavy atom. The fourth-order valence-corrected chi connectivity index (χ4v) is 3.30. The van der Waals surface area contributed by atoms with Crippen LogP contribution in [-0.4, -0.2) is 41.4 Å². The normalized spacial score (nSPS) is 17.6. The lowest BCUT2D eigenvalue weighted by Crippen LogP contribution is -2.34. The zero-order valence-electron chi connectivity index (χ0n) is 15.7. The van der Waals surface area contributed by atoms with E-state index in [0.29, 0.717) is 23.6 Å². The first-order valence-corrected chi connectivity index (χ1v) is 9.11. The lowest BCUT2D eigenvalue weighted by atomic mass is 10.1. The molecule has 1 saturated heterocycles. The number of halogens is 4. The van der Waals surface area contributed by atoms with E-state index >= 15 is 0 Å². The van der Waals surface area contributed by atoms with Gasteiger partial charge in [0.05, 0.1) is 5.69 Å². The lowest BCUT2D eigenvalue weighted by Gasteiger charge is -2.22. The highest BCUT2D eigenvalue weighted by atomic mass is 19.4. The van der Waals surface area contributed by atoms with E-state index in [9.17, 15) is 22.4 Å². The van der Waals surface area contributed by atoms with Crippen LogP contribution in [0.4, 0.5) is 23.4 Å². The van der Waals surface area contributed by atoms with Crippen molar-refractivity contribution in [2.75, 3.05) is 18.0 Å². The molecule has 1 aromatic carbocycles. The summed E-state index contributed by atoms with van der Waals surface area (Å²) in [4.78, 5) is 21.7. The van der Waals surface area contributed by atoms with E-state index in [2.05, 4.69) is 20.0 Å². The second-order valence-corrected chi connectivity index (χ2v) is 6.77. The van der Waals surface area contributed by atoms with Gasteiger partial charge in [0, 0.05) is 37.7 Å². The summed E-state index contributed by atoms with van der Waals surface area (Å²) in [5.74, 6) is -1.46. The molecule has 1 atom stereocenters. The second-order valence-electron chi connectivity index (χ2n) is 6.77. The van der Waals surface area contributed by atoms with Gasteiger partial charge in [-0.1, -0.05) is 0 Å². The van der Waals surface area contributed by atoms with Gasteiger partial charge in [0.15, 0.2) is 11.6 Å². The van der Waals surface area contributed by atoms with Crippen LogP contribution >= 0.6 is 0 Å². The highest BCUT2D eigenvalue weighted by molar-refractivity contribution is 5.73. The van der Waals surface area contributed by atoms with Crippen LogP contribution in [0.1, 0.15) is 26.2 Å². The maximum absolute atomic E-state index is 14.0. The predicted octanol–water partition coefficient (Wildman–Crippen LogP) is 3.68. The Hall–Kier alpha value is -2.91. The maximum Gasteiger partial charge on any atom is 0.573 e. The molecule has 0 aliphatic carbocycles. The first-order valence-electron chi connectivity index (χ1n) is 9.11. The zero-order chi connectivity index (χ0) is 21.0. The number of benzene rings is 1. The van der Waals surface area contributed by atoms with E-state index in [1.165, 1.54) is 19.3 Å². The molecule has 1 amide bonds. The number of ether oxygens (including phenoxy) is 1. The van der Waals surface area contributed by atoms with E-state index < -0.39 is 17.9 Å². The molecule has 6 nitrogen and oxygen atoms in total. The molecule has 1 N–H and O–H groups in total. The molecule has 3 rings (SSSR count). The van der Waals surface area contributed by atoms with Gasteiger partial charge in [-0.25, -0.2) is 14.4 Å². The molecular weight excluding hydrogens is 392 g/mol. The van der Waals surface area contributed by atoms with Crippen molar-refractivity contribution < 1.29 is 27.1 Å². The maximum atomic E-state index is 14.0. The number of rotatable bonds is 4. The molecule has 156 valence electrons. The standard InChI is InChI=1S/C19H20F4N4O2/c1-12(28)26-14-3-2-7-27(8-6-14)18-10-16(24-11-25-18)13-4-5-17(15(20)9-13)29-19(21,22)23/h4-5,9-11,14H,2-3,6-8H2,1H3,(H,26,28). The molecule has 2 aromatic rings. The Morgan fingerprint density at radius 3 is 2.69 bits per heavy atom. The highest BCUT2D eigenvalue weighted by Gasteiger charge is 2.32. The van der Waals surface area contributed by atoms with Gasteiger partial charge in [-0.3, -0.25) is 4.79 Å². The number of amides is 1. The third kappa shape index (κ3) is 5.78. The van der Waals surface area contributed by atoms with Crippen LogP contribution in [0, 0.1) is 5.82 Å². The topological polar surface area (TPSA) is 67.4 Å². The number of hydrogen-bond donors (Lipinski definition) is 1. The number of aromatic nitrogens is 2. The molecule has 0 bridgehead atoms. The summed E-state index contributed by atoms with van der Waals surface area (Å²) in [6, 6.07) is 4.95.